The quantitative estimate of drug-likeness (QED) is 0.481. The van der Waals surface area contributed by atoms with E-state index in [0.717, 1.165) is 12.1 Å². The second-order valence-electron chi connectivity index (χ2n) is 4.35. The van der Waals surface area contributed by atoms with Crippen LogP contribution in [0.25, 0.3) is 0 Å². The van der Waals surface area contributed by atoms with Crippen molar-refractivity contribution in [3.8, 4) is 5.75 Å². The highest BCUT2D eigenvalue weighted by molar-refractivity contribution is 5.79. The molecule has 0 saturated heterocycles. The van der Waals surface area contributed by atoms with Crippen molar-refractivity contribution in [2.45, 2.75) is 18.9 Å². The summed E-state index contributed by atoms with van der Waals surface area (Å²) >= 11 is 0. The van der Waals surface area contributed by atoms with Gasteiger partial charge in [-0.1, -0.05) is 6.07 Å². The van der Waals surface area contributed by atoms with Crippen LogP contribution in [0.15, 0.2) is 18.2 Å². The first kappa shape index (κ1) is 15.8. The third-order valence-corrected chi connectivity index (χ3v) is 2.66. The number of nitro benzene ring substituents is 1. The van der Waals surface area contributed by atoms with Gasteiger partial charge < -0.3 is 15.2 Å². The first-order chi connectivity index (χ1) is 9.29. The highest BCUT2D eigenvalue weighted by atomic mass is 19.1. The van der Waals surface area contributed by atoms with Gasteiger partial charge in [0.25, 0.3) is 0 Å². The fraction of sp³-hybridized carbons (Fsp3) is 0.417. The third-order valence-electron chi connectivity index (χ3n) is 2.66. The zero-order chi connectivity index (χ0) is 15.3. The van der Waals surface area contributed by atoms with Crippen LogP contribution in [0.4, 0.5) is 10.1 Å². The van der Waals surface area contributed by atoms with E-state index >= 15 is 0 Å². The Kier molecular flexibility index (Phi) is 4.98. The van der Waals surface area contributed by atoms with Gasteiger partial charge in [0.2, 0.25) is 5.75 Å². The molecule has 0 aliphatic carbocycles. The number of esters is 1. The lowest BCUT2D eigenvalue weighted by Crippen LogP contribution is -2.46. The number of methoxy groups -OCH3 is 1. The summed E-state index contributed by atoms with van der Waals surface area (Å²) in [5.74, 6) is -1.97. The average Bonchev–Trinajstić information content (AvgIpc) is 2.39. The zero-order valence-electron chi connectivity index (χ0n) is 11.1. The molecule has 0 aromatic heterocycles. The fourth-order valence-corrected chi connectivity index (χ4v) is 1.48. The zero-order valence-corrected chi connectivity index (χ0v) is 11.1. The lowest BCUT2D eigenvalue weighted by Gasteiger charge is -2.21. The van der Waals surface area contributed by atoms with E-state index in [9.17, 15) is 19.3 Å². The first-order valence-corrected chi connectivity index (χ1v) is 5.72. The van der Waals surface area contributed by atoms with Gasteiger partial charge in [0.15, 0.2) is 5.82 Å². The molecule has 110 valence electrons. The van der Waals surface area contributed by atoms with Gasteiger partial charge in [-0.3, -0.25) is 14.9 Å². The fourth-order valence-electron chi connectivity index (χ4n) is 1.48. The van der Waals surface area contributed by atoms with E-state index in [0.29, 0.717) is 0 Å². The van der Waals surface area contributed by atoms with Gasteiger partial charge >= 0.3 is 11.7 Å². The number of nitrogens with two attached hydrogens (primary N) is 1. The van der Waals surface area contributed by atoms with E-state index < -0.39 is 33.7 Å². The maximum atomic E-state index is 13.5. The Morgan fingerprint density at radius 2 is 2.20 bits per heavy atom. The summed E-state index contributed by atoms with van der Waals surface area (Å²) < 4.78 is 23.1. The minimum absolute atomic E-state index is 0.0190. The highest BCUT2D eigenvalue weighted by Gasteiger charge is 2.30. The van der Waals surface area contributed by atoms with Gasteiger partial charge in [-0.25, -0.2) is 4.39 Å². The number of nitrogens with zero attached hydrogens (tertiary/aromatic N) is 1. The van der Waals surface area contributed by atoms with Crippen LogP contribution in [0.5, 0.6) is 5.75 Å². The molecule has 1 rings (SSSR count). The van der Waals surface area contributed by atoms with Crippen LogP contribution in [-0.4, -0.2) is 30.1 Å². The molecule has 8 heteroatoms. The van der Waals surface area contributed by atoms with Crippen LogP contribution in [0, 0.1) is 15.9 Å². The molecule has 1 unspecified atom stereocenters. The average molecular weight is 286 g/mol. The van der Waals surface area contributed by atoms with Crippen LogP contribution in [0.1, 0.15) is 13.3 Å². The number of halogens is 1. The Bertz CT molecular complexity index is 519. The smallest absolute Gasteiger partial charge is 0.325 e. The second-order valence-corrected chi connectivity index (χ2v) is 4.35. The standard InChI is InChI=1S/C12H15FN2O5/c1-12(14,11(16)19-2)6-7-20-10-8(13)4-3-5-9(10)15(17)18/h3-5H,6-7,14H2,1-2H3. The van der Waals surface area contributed by atoms with Crippen molar-refractivity contribution in [3.63, 3.8) is 0 Å². The van der Waals surface area contributed by atoms with Crippen LogP contribution in [0.3, 0.4) is 0 Å². The Morgan fingerprint density at radius 3 is 2.75 bits per heavy atom. The van der Waals surface area contributed by atoms with Crippen LogP contribution in [-0.2, 0) is 9.53 Å². The van der Waals surface area contributed by atoms with Crippen molar-refractivity contribution in [1.29, 1.82) is 0 Å². The van der Waals surface area contributed by atoms with Crippen LogP contribution >= 0.6 is 0 Å². The van der Waals surface area contributed by atoms with E-state index in [4.69, 9.17) is 10.5 Å². The summed E-state index contributed by atoms with van der Waals surface area (Å²) in [6.45, 7) is 1.27. The van der Waals surface area contributed by atoms with Gasteiger partial charge in [0.05, 0.1) is 18.6 Å². The van der Waals surface area contributed by atoms with E-state index in [1.54, 1.807) is 0 Å². The molecule has 1 aromatic rings. The van der Waals surface area contributed by atoms with E-state index in [1.807, 2.05) is 0 Å². The summed E-state index contributed by atoms with van der Waals surface area (Å²) in [6, 6.07) is 3.38. The summed E-state index contributed by atoms with van der Waals surface area (Å²) in [7, 11) is 1.19. The number of carbonyl (C=O) groups is 1. The second kappa shape index (κ2) is 6.29. The van der Waals surface area contributed by atoms with Gasteiger partial charge in [-0.05, 0) is 13.0 Å². The Morgan fingerprint density at radius 1 is 1.55 bits per heavy atom. The van der Waals surface area contributed by atoms with Gasteiger partial charge in [0.1, 0.15) is 5.54 Å². The molecule has 0 radical (unpaired) electrons. The number of para-hydroxylation sites is 1. The minimum atomic E-state index is -1.31. The molecule has 0 fully saturated rings. The van der Waals surface area contributed by atoms with Gasteiger partial charge in [-0.15, -0.1) is 0 Å². The number of hydrogen-bond donors (Lipinski definition) is 1. The number of ether oxygens (including phenoxy) is 2. The van der Waals surface area contributed by atoms with Gasteiger partial charge in [0, 0.05) is 12.5 Å². The molecular weight excluding hydrogens is 271 g/mol. The molecule has 0 bridgehead atoms. The first-order valence-electron chi connectivity index (χ1n) is 5.72. The van der Waals surface area contributed by atoms with Crippen molar-refractivity contribution < 1.29 is 23.6 Å². The molecule has 1 aromatic carbocycles. The number of nitro groups is 1. The SMILES string of the molecule is COC(=O)C(C)(N)CCOc1c(F)cccc1[N+](=O)[O-]. The maximum absolute atomic E-state index is 13.5. The summed E-state index contributed by atoms with van der Waals surface area (Å²) in [5.41, 5.74) is 3.89. The number of rotatable bonds is 6. The van der Waals surface area contributed by atoms with Crippen molar-refractivity contribution in [3.05, 3.63) is 34.1 Å². The molecule has 0 amide bonds. The van der Waals surface area contributed by atoms with Crippen molar-refractivity contribution >= 4 is 11.7 Å². The van der Waals surface area contributed by atoms with Crippen molar-refractivity contribution in [1.82, 2.24) is 0 Å². The molecule has 0 spiro atoms. The molecule has 0 aliphatic rings. The molecule has 2 N–H and O–H groups in total. The minimum Gasteiger partial charge on any atom is -0.485 e. The molecule has 7 nitrogen and oxygen atoms in total. The summed E-state index contributed by atoms with van der Waals surface area (Å²) in [6.07, 6.45) is 0.0190. The lowest BCUT2D eigenvalue weighted by atomic mass is 10.0. The van der Waals surface area contributed by atoms with Crippen LogP contribution in [0.2, 0.25) is 0 Å². The number of carbonyl (C=O) groups excluding carboxylic acids is 1. The predicted molar refractivity (Wildman–Crippen MR) is 67.8 cm³/mol. The monoisotopic (exact) mass is 286 g/mol. The maximum Gasteiger partial charge on any atom is 0.325 e. The molecule has 0 aliphatic heterocycles. The third kappa shape index (κ3) is 3.64. The van der Waals surface area contributed by atoms with Crippen molar-refractivity contribution in [2.24, 2.45) is 5.73 Å². The molecular formula is C12H15FN2O5. The van der Waals surface area contributed by atoms with Crippen molar-refractivity contribution in [2.75, 3.05) is 13.7 Å². The lowest BCUT2D eigenvalue weighted by molar-refractivity contribution is -0.386. The predicted octanol–water partition coefficient (Wildman–Crippen LogP) is 1.39. The van der Waals surface area contributed by atoms with Gasteiger partial charge in [-0.2, -0.15) is 0 Å². The largest absolute Gasteiger partial charge is 0.485 e. The van der Waals surface area contributed by atoms with Crippen LogP contribution < -0.4 is 10.5 Å². The molecule has 1 atom stereocenters. The van der Waals surface area contributed by atoms with E-state index in [1.165, 1.54) is 20.1 Å². The summed E-state index contributed by atoms with van der Waals surface area (Å²) in [4.78, 5) is 21.3. The Hall–Kier alpha value is -2.22. The Balaban J connectivity index is 2.76. The highest BCUT2D eigenvalue weighted by Crippen LogP contribution is 2.29. The topological polar surface area (TPSA) is 105 Å². The number of benzene rings is 1. The normalized spacial score (nSPS) is 13.4. The molecule has 0 saturated carbocycles. The molecule has 0 heterocycles. The number of hydrogen-bond acceptors (Lipinski definition) is 6. The van der Waals surface area contributed by atoms with E-state index in [-0.39, 0.29) is 13.0 Å². The summed E-state index contributed by atoms with van der Waals surface area (Å²) in [5, 5.41) is 10.7. The Labute approximate surface area is 114 Å². The van der Waals surface area contributed by atoms with E-state index in [2.05, 4.69) is 4.74 Å². The molecule has 20 heavy (non-hydrogen) atoms.